The standard InChI is InChI=1S/C20H30N2O5S/c1-10-15-14(11(2)23)19(25)22(15)16(17(10)28-13-8-9-21-18(13)24)20(26)27-12-6-4-3-5-7-12/h10-17,23H,3-9H2,1-2H3,(H,21,24). The molecule has 2 amide bonds. The molecule has 1 aliphatic carbocycles. The minimum atomic E-state index is -0.746. The molecule has 4 fully saturated rings. The lowest BCUT2D eigenvalue weighted by atomic mass is 9.79. The SMILES string of the molecule is CC(O)C1C(=O)N2C(C(=O)OC3CCCCC3)C(SC3CCNC3=O)C(C)C12. The van der Waals surface area contributed by atoms with Crippen LogP contribution < -0.4 is 5.32 Å². The summed E-state index contributed by atoms with van der Waals surface area (Å²) in [6, 6.07) is -0.832. The highest BCUT2D eigenvalue weighted by atomic mass is 32.2. The number of carbonyl (C=O) groups excluding carboxylic acids is 3. The molecule has 8 heteroatoms. The largest absolute Gasteiger partial charge is 0.461 e. The first-order valence-electron chi connectivity index (χ1n) is 10.5. The number of aliphatic hydroxyl groups excluding tert-OH is 1. The molecule has 4 rings (SSSR count). The van der Waals surface area contributed by atoms with Crippen molar-refractivity contribution in [3.63, 3.8) is 0 Å². The molecule has 7 nitrogen and oxygen atoms in total. The zero-order valence-corrected chi connectivity index (χ0v) is 17.3. The lowest BCUT2D eigenvalue weighted by Crippen LogP contribution is -2.66. The van der Waals surface area contributed by atoms with Gasteiger partial charge in [0.15, 0.2) is 0 Å². The summed E-state index contributed by atoms with van der Waals surface area (Å²) in [6.07, 6.45) is 4.98. The molecule has 0 aromatic heterocycles. The number of rotatable bonds is 5. The fourth-order valence-electron chi connectivity index (χ4n) is 5.34. The van der Waals surface area contributed by atoms with E-state index in [-0.39, 0.29) is 46.3 Å². The molecule has 7 unspecified atom stereocenters. The van der Waals surface area contributed by atoms with Crippen molar-refractivity contribution in [1.29, 1.82) is 0 Å². The van der Waals surface area contributed by atoms with Gasteiger partial charge >= 0.3 is 5.97 Å². The van der Waals surface area contributed by atoms with Gasteiger partial charge in [-0.2, -0.15) is 0 Å². The van der Waals surface area contributed by atoms with Gasteiger partial charge in [-0.3, -0.25) is 9.59 Å². The summed E-state index contributed by atoms with van der Waals surface area (Å²) in [6.45, 7) is 4.31. The van der Waals surface area contributed by atoms with Crippen LogP contribution in [-0.2, 0) is 19.1 Å². The highest BCUT2D eigenvalue weighted by Gasteiger charge is 2.65. The van der Waals surface area contributed by atoms with Crippen LogP contribution >= 0.6 is 11.8 Å². The number of fused-ring (bicyclic) bond motifs is 1. The Labute approximate surface area is 169 Å². The molecule has 0 radical (unpaired) electrons. The van der Waals surface area contributed by atoms with Crippen LogP contribution in [-0.4, -0.2) is 69.1 Å². The molecular weight excluding hydrogens is 380 g/mol. The van der Waals surface area contributed by atoms with E-state index >= 15 is 0 Å². The second-order valence-corrected chi connectivity index (χ2v) is 10.1. The molecular formula is C20H30N2O5S. The number of thioether (sulfide) groups is 1. The molecule has 3 aliphatic heterocycles. The van der Waals surface area contributed by atoms with Crippen LogP contribution in [0.1, 0.15) is 52.4 Å². The normalized spacial score (nSPS) is 39.3. The number of hydrogen-bond donors (Lipinski definition) is 2. The van der Waals surface area contributed by atoms with Crippen LogP contribution in [0.5, 0.6) is 0 Å². The first kappa shape index (κ1) is 20.0. The number of nitrogens with zero attached hydrogens (tertiary/aromatic N) is 1. The molecule has 0 spiro atoms. The maximum absolute atomic E-state index is 13.1. The Balaban J connectivity index is 1.55. The van der Waals surface area contributed by atoms with Gasteiger partial charge in [-0.25, -0.2) is 4.79 Å². The highest BCUT2D eigenvalue weighted by Crippen LogP contribution is 2.50. The van der Waals surface area contributed by atoms with Gasteiger partial charge in [0.2, 0.25) is 11.8 Å². The van der Waals surface area contributed by atoms with Crippen molar-refractivity contribution in [3.05, 3.63) is 0 Å². The minimum Gasteiger partial charge on any atom is -0.461 e. The number of esters is 1. The van der Waals surface area contributed by atoms with Crippen molar-refractivity contribution in [2.24, 2.45) is 11.8 Å². The summed E-state index contributed by atoms with van der Waals surface area (Å²) in [5.41, 5.74) is 0. The average molecular weight is 411 g/mol. The lowest BCUT2D eigenvalue weighted by Gasteiger charge is -2.47. The Bertz CT molecular complexity index is 651. The van der Waals surface area contributed by atoms with Crippen molar-refractivity contribution in [2.75, 3.05) is 6.54 Å². The number of hydrogen-bond acceptors (Lipinski definition) is 6. The average Bonchev–Trinajstić information content (AvgIpc) is 3.16. The van der Waals surface area contributed by atoms with E-state index in [0.29, 0.717) is 6.54 Å². The first-order valence-corrected chi connectivity index (χ1v) is 11.5. The number of amides is 2. The third kappa shape index (κ3) is 3.32. The summed E-state index contributed by atoms with van der Waals surface area (Å²) in [7, 11) is 0. The molecule has 4 aliphatic rings. The molecule has 28 heavy (non-hydrogen) atoms. The topological polar surface area (TPSA) is 95.9 Å². The summed E-state index contributed by atoms with van der Waals surface area (Å²) in [5, 5.41) is 12.5. The van der Waals surface area contributed by atoms with Crippen LogP contribution in [0, 0.1) is 11.8 Å². The maximum atomic E-state index is 13.1. The fraction of sp³-hybridized carbons (Fsp3) is 0.850. The third-order valence-corrected chi connectivity index (χ3v) is 8.59. The third-order valence-electron chi connectivity index (χ3n) is 6.81. The van der Waals surface area contributed by atoms with E-state index in [1.165, 1.54) is 18.2 Å². The van der Waals surface area contributed by atoms with E-state index in [9.17, 15) is 19.5 Å². The Morgan fingerprint density at radius 3 is 2.57 bits per heavy atom. The summed E-state index contributed by atoms with van der Waals surface area (Å²) in [4.78, 5) is 39.6. The summed E-state index contributed by atoms with van der Waals surface area (Å²) >= 11 is 1.50. The Kier molecular flexibility index (Phi) is 5.62. The zero-order valence-electron chi connectivity index (χ0n) is 16.5. The van der Waals surface area contributed by atoms with Crippen molar-refractivity contribution in [2.45, 2.75) is 87.2 Å². The van der Waals surface area contributed by atoms with E-state index in [4.69, 9.17) is 4.74 Å². The van der Waals surface area contributed by atoms with Gasteiger partial charge in [0.1, 0.15) is 12.1 Å². The van der Waals surface area contributed by atoms with Gasteiger partial charge < -0.3 is 20.1 Å². The van der Waals surface area contributed by atoms with Crippen molar-refractivity contribution < 1.29 is 24.2 Å². The maximum Gasteiger partial charge on any atom is 0.330 e. The van der Waals surface area contributed by atoms with Gasteiger partial charge in [-0.1, -0.05) is 13.3 Å². The van der Waals surface area contributed by atoms with E-state index in [2.05, 4.69) is 5.32 Å². The first-order chi connectivity index (χ1) is 13.4. The van der Waals surface area contributed by atoms with Crippen LogP contribution in [0.3, 0.4) is 0 Å². The molecule has 1 saturated carbocycles. The molecule has 0 aromatic rings. The number of nitrogens with one attached hydrogen (secondary N) is 1. The lowest BCUT2D eigenvalue weighted by molar-refractivity contribution is -0.175. The minimum absolute atomic E-state index is 0.00393. The molecule has 7 atom stereocenters. The monoisotopic (exact) mass is 410 g/mol. The Morgan fingerprint density at radius 1 is 1.25 bits per heavy atom. The van der Waals surface area contributed by atoms with E-state index in [1.54, 1.807) is 11.8 Å². The van der Waals surface area contributed by atoms with Gasteiger partial charge in [-0.05, 0) is 44.9 Å². The number of aliphatic hydroxyl groups is 1. The van der Waals surface area contributed by atoms with E-state index < -0.39 is 18.1 Å². The second-order valence-electron chi connectivity index (χ2n) is 8.67. The zero-order chi connectivity index (χ0) is 20.0. The Morgan fingerprint density at radius 2 is 1.96 bits per heavy atom. The van der Waals surface area contributed by atoms with Crippen LogP contribution in [0.2, 0.25) is 0 Å². The Hall–Kier alpha value is -1.28. The molecule has 0 bridgehead atoms. The summed E-state index contributed by atoms with van der Waals surface area (Å²) in [5.74, 6) is -0.960. The van der Waals surface area contributed by atoms with Crippen molar-refractivity contribution >= 4 is 29.5 Å². The molecule has 3 saturated heterocycles. The van der Waals surface area contributed by atoms with Gasteiger partial charge in [0.25, 0.3) is 0 Å². The summed E-state index contributed by atoms with van der Waals surface area (Å²) < 4.78 is 5.83. The smallest absolute Gasteiger partial charge is 0.330 e. The van der Waals surface area contributed by atoms with Crippen molar-refractivity contribution in [1.82, 2.24) is 10.2 Å². The molecule has 2 N–H and O–H groups in total. The van der Waals surface area contributed by atoms with Gasteiger partial charge in [0, 0.05) is 11.8 Å². The van der Waals surface area contributed by atoms with Crippen LogP contribution in [0.15, 0.2) is 0 Å². The predicted octanol–water partition coefficient (Wildman–Crippen LogP) is 1.08. The molecule has 156 valence electrons. The quantitative estimate of drug-likeness (QED) is 0.520. The molecule has 3 heterocycles. The van der Waals surface area contributed by atoms with Crippen molar-refractivity contribution in [3.8, 4) is 0 Å². The van der Waals surface area contributed by atoms with Gasteiger partial charge in [0.05, 0.1) is 23.3 Å². The van der Waals surface area contributed by atoms with Crippen LogP contribution in [0.25, 0.3) is 0 Å². The molecule has 0 aromatic carbocycles. The predicted molar refractivity (Wildman–Crippen MR) is 105 cm³/mol. The van der Waals surface area contributed by atoms with E-state index in [1.807, 2.05) is 6.92 Å². The van der Waals surface area contributed by atoms with E-state index in [0.717, 1.165) is 32.1 Å². The highest BCUT2D eigenvalue weighted by molar-refractivity contribution is 8.01. The second kappa shape index (κ2) is 7.86. The number of ether oxygens (including phenoxy) is 1. The number of carbonyl (C=O) groups is 3. The van der Waals surface area contributed by atoms with Gasteiger partial charge in [-0.15, -0.1) is 11.8 Å². The fourth-order valence-corrected chi connectivity index (χ4v) is 6.98. The number of β-lactam (4-membered cyclic amide) rings is 1. The van der Waals surface area contributed by atoms with Crippen LogP contribution in [0.4, 0.5) is 0 Å².